The molecule has 1 aliphatic rings. The lowest BCUT2D eigenvalue weighted by atomic mass is 9.87. The van der Waals surface area contributed by atoms with Gasteiger partial charge in [0.15, 0.2) is 0 Å². The third kappa shape index (κ3) is 4.76. The molecule has 4 heterocycles. The Kier molecular flexibility index (Phi) is 6.36. The summed E-state index contributed by atoms with van der Waals surface area (Å²) >= 11 is 6.44. The zero-order valence-corrected chi connectivity index (χ0v) is 20.3. The van der Waals surface area contributed by atoms with Crippen LogP contribution in [-0.2, 0) is 13.6 Å². The van der Waals surface area contributed by atoms with Crippen molar-refractivity contribution >= 4 is 22.5 Å². The number of hydrogen-bond donors (Lipinski definition) is 0. The molecular weight excluding hydrogens is 500 g/mol. The predicted octanol–water partition coefficient (Wildman–Crippen LogP) is 5.88. The van der Waals surface area contributed by atoms with Gasteiger partial charge in [0.25, 0.3) is 5.88 Å². The highest BCUT2D eigenvalue weighted by molar-refractivity contribution is 6.35. The molecule has 0 unspecified atom stereocenters. The van der Waals surface area contributed by atoms with Gasteiger partial charge in [-0.25, -0.2) is 9.97 Å². The molecule has 0 N–H and O–H groups in total. The zero-order valence-electron chi connectivity index (χ0n) is 19.6. The molecule has 1 saturated carbocycles. The van der Waals surface area contributed by atoms with E-state index in [4.69, 9.17) is 16.3 Å². The fourth-order valence-electron chi connectivity index (χ4n) is 4.72. The molecule has 0 aromatic carbocycles. The second kappa shape index (κ2) is 9.34. The molecule has 12 heteroatoms. The summed E-state index contributed by atoms with van der Waals surface area (Å²) in [5, 5.41) is 4.91. The van der Waals surface area contributed by atoms with Gasteiger partial charge < -0.3 is 9.30 Å². The minimum Gasteiger partial charge on any atom is -0.472 e. The summed E-state index contributed by atoms with van der Waals surface area (Å²) in [6.45, 7) is 2.06. The number of rotatable bonds is 5. The molecule has 0 bridgehead atoms. The number of alkyl halides is 3. The number of ether oxygens (including phenoxy) is 1. The molecule has 0 radical (unpaired) electrons. The molecule has 4 aromatic rings. The molecular formula is C24H23ClF4N6O. The van der Waals surface area contributed by atoms with E-state index in [2.05, 4.69) is 20.1 Å². The quantitative estimate of drug-likeness (QED) is 0.242. The standard InChI is InChI=1S/C24H23ClF4N6O/c1-13-32-21(20(26)23(33-13)36-16-5-3-15(4-6-16)24(27,28)29)17-12-35(11-14-9-31-34(2)10-14)18-7-8-30-22(25)19(17)18/h7-10,12,15-16H,3-6,11H2,1-2H3. The van der Waals surface area contributed by atoms with Crippen LogP contribution in [0.5, 0.6) is 5.88 Å². The van der Waals surface area contributed by atoms with Gasteiger partial charge in [0.1, 0.15) is 22.8 Å². The summed E-state index contributed by atoms with van der Waals surface area (Å²) in [6.07, 6.45) is 2.36. The average Bonchev–Trinajstić information content (AvgIpc) is 3.40. The van der Waals surface area contributed by atoms with Crippen molar-refractivity contribution in [1.29, 1.82) is 0 Å². The highest BCUT2D eigenvalue weighted by atomic mass is 35.5. The van der Waals surface area contributed by atoms with Crippen LogP contribution >= 0.6 is 11.6 Å². The summed E-state index contributed by atoms with van der Waals surface area (Å²) < 4.78 is 64.1. The van der Waals surface area contributed by atoms with Gasteiger partial charge in [-0.1, -0.05) is 11.6 Å². The Bertz CT molecular complexity index is 1410. The van der Waals surface area contributed by atoms with Crippen molar-refractivity contribution in [2.75, 3.05) is 0 Å². The highest BCUT2D eigenvalue weighted by Gasteiger charge is 2.42. The summed E-state index contributed by atoms with van der Waals surface area (Å²) in [6, 6.07) is 1.78. The lowest BCUT2D eigenvalue weighted by Crippen LogP contribution is -2.32. The lowest BCUT2D eigenvalue weighted by Gasteiger charge is -2.30. The number of aromatic nitrogens is 6. The number of nitrogens with zero attached hydrogens (tertiary/aromatic N) is 6. The summed E-state index contributed by atoms with van der Waals surface area (Å²) in [7, 11) is 1.82. The van der Waals surface area contributed by atoms with Gasteiger partial charge in [-0.2, -0.15) is 27.6 Å². The topological polar surface area (TPSA) is 70.7 Å². The third-order valence-corrected chi connectivity index (χ3v) is 6.75. The van der Waals surface area contributed by atoms with E-state index in [-0.39, 0.29) is 48.2 Å². The van der Waals surface area contributed by atoms with Crippen LogP contribution in [-0.4, -0.2) is 41.6 Å². The van der Waals surface area contributed by atoms with Gasteiger partial charge in [0.2, 0.25) is 5.82 Å². The van der Waals surface area contributed by atoms with Crippen LogP contribution in [0.15, 0.2) is 30.9 Å². The molecule has 0 aliphatic heterocycles. The maximum absolute atomic E-state index is 15.7. The number of pyridine rings is 1. The first-order chi connectivity index (χ1) is 17.1. The minimum atomic E-state index is -4.23. The van der Waals surface area contributed by atoms with Gasteiger partial charge in [0, 0.05) is 42.2 Å². The van der Waals surface area contributed by atoms with Gasteiger partial charge in [-0.15, -0.1) is 0 Å². The van der Waals surface area contributed by atoms with Crippen LogP contribution in [0.1, 0.15) is 37.1 Å². The lowest BCUT2D eigenvalue weighted by molar-refractivity contribution is -0.185. The molecule has 7 nitrogen and oxygen atoms in total. The Morgan fingerprint density at radius 3 is 2.56 bits per heavy atom. The largest absolute Gasteiger partial charge is 0.472 e. The van der Waals surface area contributed by atoms with Crippen LogP contribution in [0.25, 0.3) is 22.2 Å². The number of fused-ring (bicyclic) bond motifs is 1. The van der Waals surface area contributed by atoms with Gasteiger partial charge in [-0.3, -0.25) is 4.68 Å². The molecule has 0 spiro atoms. The van der Waals surface area contributed by atoms with Crippen molar-refractivity contribution in [2.45, 2.75) is 51.4 Å². The monoisotopic (exact) mass is 522 g/mol. The second-order valence-corrected chi connectivity index (χ2v) is 9.42. The maximum atomic E-state index is 15.7. The summed E-state index contributed by atoms with van der Waals surface area (Å²) in [5.74, 6) is -2.16. The Morgan fingerprint density at radius 2 is 1.89 bits per heavy atom. The van der Waals surface area contributed by atoms with Crippen LogP contribution in [0.4, 0.5) is 17.6 Å². The first-order valence-corrected chi connectivity index (χ1v) is 11.9. The summed E-state index contributed by atoms with van der Waals surface area (Å²) in [4.78, 5) is 12.6. The van der Waals surface area contributed by atoms with Crippen LogP contribution < -0.4 is 4.74 Å². The number of aryl methyl sites for hydroxylation is 2. The van der Waals surface area contributed by atoms with Crippen molar-refractivity contribution < 1.29 is 22.3 Å². The van der Waals surface area contributed by atoms with Gasteiger partial charge in [-0.05, 0) is 38.7 Å². The van der Waals surface area contributed by atoms with E-state index in [0.717, 1.165) is 11.1 Å². The first kappa shape index (κ1) is 24.5. The Hall–Kier alpha value is -3.21. The van der Waals surface area contributed by atoms with E-state index in [1.54, 1.807) is 36.3 Å². The molecule has 0 atom stereocenters. The molecule has 4 aromatic heterocycles. The normalized spacial score (nSPS) is 18.6. The van der Waals surface area contributed by atoms with E-state index in [9.17, 15) is 13.2 Å². The van der Waals surface area contributed by atoms with E-state index in [1.807, 2.05) is 17.8 Å². The molecule has 5 rings (SSSR count). The Morgan fingerprint density at radius 1 is 1.14 bits per heavy atom. The first-order valence-electron chi connectivity index (χ1n) is 11.5. The van der Waals surface area contributed by atoms with E-state index < -0.39 is 24.0 Å². The molecule has 0 amide bonds. The van der Waals surface area contributed by atoms with Crippen LogP contribution in [0.2, 0.25) is 5.15 Å². The van der Waals surface area contributed by atoms with Crippen molar-refractivity contribution in [3.63, 3.8) is 0 Å². The predicted molar refractivity (Wildman–Crippen MR) is 125 cm³/mol. The van der Waals surface area contributed by atoms with Crippen LogP contribution in [0, 0.1) is 18.7 Å². The smallest absolute Gasteiger partial charge is 0.391 e. The van der Waals surface area contributed by atoms with Crippen LogP contribution in [0.3, 0.4) is 0 Å². The SMILES string of the molecule is Cc1nc(OC2CCC(C(F)(F)F)CC2)c(F)c(-c2cn(Cc3cnn(C)c3)c3ccnc(Cl)c23)n1. The van der Waals surface area contributed by atoms with Crippen molar-refractivity contribution in [1.82, 2.24) is 29.3 Å². The highest BCUT2D eigenvalue weighted by Crippen LogP contribution is 2.40. The summed E-state index contributed by atoms with van der Waals surface area (Å²) in [5.41, 5.74) is 2.08. The fourth-order valence-corrected chi connectivity index (χ4v) is 4.98. The van der Waals surface area contributed by atoms with Gasteiger partial charge >= 0.3 is 6.18 Å². The molecule has 1 aliphatic carbocycles. The van der Waals surface area contributed by atoms with Crippen molar-refractivity contribution in [2.24, 2.45) is 13.0 Å². The Labute approximate surface area is 209 Å². The van der Waals surface area contributed by atoms with E-state index >= 15 is 4.39 Å². The fraction of sp³-hybridized carbons (Fsp3) is 0.417. The Balaban J connectivity index is 1.50. The van der Waals surface area contributed by atoms with Crippen molar-refractivity contribution in [3.05, 3.63) is 53.2 Å². The maximum Gasteiger partial charge on any atom is 0.391 e. The van der Waals surface area contributed by atoms with Gasteiger partial charge in [0.05, 0.1) is 24.2 Å². The van der Waals surface area contributed by atoms with E-state index in [1.165, 1.54) is 0 Å². The molecule has 1 fully saturated rings. The second-order valence-electron chi connectivity index (χ2n) is 9.06. The van der Waals surface area contributed by atoms with Crippen molar-refractivity contribution in [3.8, 4) is 17.1 Å². The number of hydrogen-bond acceptors (Lipinski definition) is 5. The van der Waals surface area contributed by atoms with E-state index in [0.29, 0.717) is 17.5 Å². The third-order valence-electron chi connectivity index (χ3n) is 6.46. The molecule has 0 saturated heterocycles. The minimum absolute atomic E-state index is 0.00804. The molecule has 190 valence electrons. The number of halogens is 5. The molecule has 36 heavy (non-hydrogen) atoms. The zero-order chi connectivity index (χ0) is 25.6. The average molecular weight is 523 g/mol.